The number of fused-ring (bicyclic) bond motifs is 8. The Morgan fingerprint density at radius 3 is 0.900 bits per heavy atom. The quantitative estimate of drug-likeness (QED) is 0.0634. The molecule has 0 amide bonds. The monoisotopic (exact) mass is 956 g/mol. The molecule has 1 aliphatic carbocycles. The van der Waals surface area contributed by atoms with Crippen molar-refractivity contribution in [2.75, 3.05) is 26.4 Å². The van der Waals surface area contributed by atoms with Crippen molar-refractivity contribution in [2.24, 2.45) is 0 Å². The van der Waals surface area contributed by atoms with Crippen molar-refractivity contribution in [3.05, 3.63) is 252 Å². The number of hydrogen-bond acceptors (Lipinski definition) is 4. The minimum absolute atomic E-state index is 0.359. The van der Waals surface area contributed by atoms with Gasteiger partial charge in [0.1, 0.15) is 36.2 Å². The summed E-state index contributed by atoms with van der Waals surface area (Å²) in [5.41, 5.74) is 8.91. The van der Waals surface area contributed by atoms with Crippen LogP contribution in [0.2, 0.25) is 0 Å². The van der Waals surface area contributed by atoms with E-state index >= 15 is 0 Å². The highest BCUT2D eigenvalue weighted by molar-refractivity contribution is 7.80. The topological polar surface area (TPSA) is 36.9 Å². The second kappa shape index (κ2) is 23.7. The van der Waals surface area contributed by atoms with E-state index in [1.807, 2.05) is 12.2 Å². The Morgan fingerprint density at radius 2 is 0.614 bits per heavy atom. The molecule has 0 aromatic heterocycles. The second-order valence-corrected chi connectivity index (χ2v) is 22.1. The molecule has 6 heteroatoms. The van der Waals surface area contributed by atoms with Gasteiger partial charge in [0.25, 0.3) is 0 Å². The number of ether oxygens (including phenoxy) is 4. The van der Waals surface area contributed by atoms with Gasteiger partial charge in [-0.3, -0.25) is 0 Å². The zero-order chi connectivity index (χ0) is 48.1. The van der Waals surface area contributed by atoms with E-state index in [4.69, 9.17) is 18.9 Å². The lowest BCUT2D eigenvalue weighted by Gasteiger charge is -2.27. The van der Waals surface area contributed by atoms with Crippen LogP contribution >= 0.6 is 15.8 Å². The van der Waals surface area contributed by atoms with Crippen molar-refractivity contribution in [2.45, 2.75) is 52.4 Å². The van der Waals surface area contributed by atoms with Crippen molar-refractivity contribution < 1.29 is 18.9 Å². The predicted molar refractivity (Wildman–Crippen MR) is 297 cm³/mol. The van der Waals surface area contributed by atoms with Gasteiger partial charge in [-0.2, -0.15) is 0 Å². The van der Waals surface area contributed by atoms with Crippen LogP contribution in [-0.4, -0.2) is 26.4 Å². The molecule has 352 valence electrons. The Hall–Kier alpha value is -6.70. The van der Waals surface area contributed by atoms with Crippen LogP contribution in [0.4, 0.5) is 0 Å². The third-order valence-electron chi connectivity index (χ3n) is 12.5. The van der Waals surface area contributed by atoms with E-state index in [1.165, 1.54) is 31.8 Å². The molecule has 8 aromatic carbocycles. The van der Waals surface area contributed by atoms with Crippen molar-refractivity contribution in [1.82, 2.24) is 0 Å². The predicted octanol–water partition coefficient (Wildman–Crippen LogP) is 12.6. The van der Waals surface area contributed by atoms with E-state index in [0.717, 1.165) is 80.3 Å². The molecular formula is C64H62O4P2. The molecule has 70 heavy (non-hydrogen) atoms. The molecule has 0 spiro atoms. The van der Waals surface area contributed by atoms with E-state index in [2.05, 4.69) is 209 Å². The van der Waals surface area contributed by atoms with Crippen LogP contribution in [0.3, 0.4) is 0 Å². The van der Waals surface area contributed by atoms with Crippen LogP contribution in [0.25, 0.3) is 0 Å². The van der Waals surface area contributed by atoms with Gasteiger partial charge in [-0.15, -0.1) is 0 Å². The van der Waals surface area contributed by atoms with Gasteiger partial charge in [0, 0.05) is 25.7 Å². The van der Waals surface area contributed by atoms with Crippen LogP contribution in [0.5, 0.6) is 23.0 Å². The fraction of sp³-hybridized carbons (Fsp3) is 0.188. The van der Waals surface area contributed by atoms with Gasteiger partial charge in [0.15, 0.2) is 0 Å². The fourth-order valence-electron chi connectivity index (χ4n) is 9.55. The minimum Gasteiger partial charge on any atom is -0.493 e. The number of hydrogen-bond donors (Lipinski definition) is 0. The van der Waals surface area contributed by atoms with Crippen LogP contribution in [0.15, 0.2) is 207 Å². The van der Waals surface area contributed by atoms with Crippen molar-refractivity contribution in [1.29, 1.82) is 0 Å². The molecule has 0 saturated heterocycles. The first-order valence-corrected chi connectivity index (χ1v) is 27.3. The minimum atomic E-state index is -0.977. The number of benzene rings is 8. The third kappa shape index (κ3) is 11.2. The van der Waals surface area contributed by atoms with Gasteiger partial charge >= 0.3 is 0 Å². The summed E-state index contributed by atoms with van der Waals surface area (Å²) in [7, 11) is -1.95. The summed E-state index contributed by atoms with van der Waals surface area (Å²) < 4.78 is 27.6. The molecule has 0 atom stereocenters. The van der Waals surface area contributed by atoms with Gasteiger partial charge in [-0.25, -0.2) is 0 Å². The highest BCUT2D eigenvalue weighted by Crippen LogP contribution is 2.43. The van der Waals surface area contributed by atoms with E-state index in [1.54, 1.807) is 0 Å². The molecular weight excluding hydrogens is 895 g/mol. The molecule has 4 nitrogen and oxygen atoms in total. The molecule has 0 aliphatic heterocycles. The summed E-state index contributed by atoms with van der Waals surface area (Å²) in [6.45, 7) is 14.5. The summed E-state index contributed by atoms with van der Waals surface area (Å²) in [6.07, 6.45) is 7.89. The molecule has 0 unspecified atom stereocenters. The van der Waals surface area contributed by atoms with E-state index in [0.29, 0.717) is 52.1 Å². The molecule has 1 aliphatic rings. The highest BCUT2D eigenvalue weighted by Gasteiger charge is 2.27. The van der Waals surface area contributed by atoms with E-state index in [9.17, 15) is 0 Å². The molecule has 0 heterocycles. The fourth-order valence-corrected chi connectivity index (χ4v) is 14.4. The molecule has 0 radical (unpaired) electrons. The second-order valence-electron chi connectivity index (χ2n) is 17.6. The zero-order valence-corrected chi connectivity index (χ0v) is 42.3. The number of para-hydroxylation sites is 2. The lowest BCUT2D eigenvalue weighted by molar-refractivity contribution is 0.308. The number of rotatable bonds is 18. The smallest absolute Gasteiger partial charge is 0.126 e. The lowest BCUT2D eigenvalue weighted by Crippen LogP contribution is -2.23. The first-order valence-electron chi connectivity index (χ1n) is 24.6. The summed E-state index contributed by atoms with van der Waals surface area (Å²) in [5, 5.41) is 7.66. The Kier molecular flexibility index (Phi) is 16.4. The summed E-state index contributed by atoms with van der Waals surface area (Å²) >= 11 is 0. The van der Waals surface area contributed by atoms with Crippen LogP contribution < -0.4 is 50.8 Å². The summed E-state index contributed by atoms with van der Waals surface area (Å²) in [5.74, 6) is 3.61. The van der Waals surface area contributed by atoms with Crippen LogP contribution in [0.1, 0.15) is 71.2 Å². The molecule has 0 N–H and O–H groups in total. The first-order chi connectivity index (χ1) is 34.6. The zero-order valence-electron chi connectivity index (χ0n) is 40.5. The Bertz CT molecular complexity index is 2730. The Morgan fingerprint density at radius 1 is 0.343 bits per heavy atom. The highest BCUT2D eigenvalue weighted by atomic mass is 31.1. The van der Waals surface area contributed by atoms with Gasteiger partial charge in [0.2, 0.25) is 0 Å². The normalized spacial score (nSPS) is 12.1. The molecule has 0 fully saturated rings. The van der Waals surface area contributed by atoms with Crippen molar-refractivity contribution in [3.8, 4) is 23.0 Å². The maximum absolute atomic E-state index is 6.98. The van der Waals surface area contributed by atoms with Crippen molar-refractivity contribution in [3.63, 3.8) is 0 Å². The van der Waals surface area contributed by atoms with E-state index < -0.39 is 15.8 Å². The summed E-state index contributed by atoms with van der Waals surface area (Å²) in [4.78, 5) is 0. The molecule has 8 aromatic rings. The SMILES string of the molecule is C=CCOc1c2cc(P(c3ccccc3)c3ccccc3)cc1Cc1cccc(c1OCCC)Cc1cccc(c1OCCC)Cc1cc(P(c3ccccc3)c3ccccc3)cc(c1OCC=C)C2. The molecule has 8 bridgehead atoms. The maximum Gasteiger partial charge on any atom is 0.126 e. The van der Waals surface area contributed by atoms with Gasteiger partial charge < -0.3 is 18.9 Å². The lowest BCUT2D eigenvalue weighted by atomic mass is 9.91. The standard InChI is InChI=1S/C64H62O4P2/c1-5-35-65-61-47-23-21-25-49(61)40-51-43-59(69(55-27-13-9-14-28-55)56-29-15-10-16-30-56)45-53(63(51)67-37-7-3)42-54-46-60(70(57-31-17-11-18-32-57)58-33-19-12-20-34-58)44-52(64(54)68-38-8-4)41-50-26-22-24-48(39-47)62(50)66-36-6-2/h7-34,43-46H,3-6,35-42H2,1-2H3. The average Bonchev–Trinajstić information content (AvgIpc) is 3.39. The summed E-state index contributed by atoms with van der Waals surface area (Å²) in [6, 6.07) is 66.8. The third-order valence-corrected chi connectivity index (χ3v) is 17.3. The molecule has 9 rings (SSSR count). The Labute approximate surface area is 418 Å². The van der Waals surface area contributed by atoms with Crippen LogP contribution in [0, 0.1) is 0 Å². The molecule has 0 saturated carbocycles. The van der Waals surface area contributed by atoms with Gasteiger partial charge in [-0.1, -0.05) is 197 Å². The van der Waals surface area contributed by atoms with E-state index in [-0.39, 0.29) is 0 Å². The largest absolute Gasteiger partial charge is 0.493 e. The van der Waals surface area contributed by atoms with Crippen molar-refractivity contribution >= 4 is 47.7 Å². The maximum atomic E-state index is 6.98. The Balaban J connectivity index is 1.38. The van der Waals surface area contributed by atoms with Gasteiger partial charge in [0.05, 0.1) is 13.2 Å². The average molecular weight is 957 g/mol. The van der Waals surface area contributed by atoms with Gasteiger partial charge in [-0.05, 0) is 129 Å². The van der Waals surface area contributed by atoms with Crippen LogP contribution in [-0.2, 0) is 25.7 Å². The first kappa shape index (κ1) is 48.3.